The number of oxazole rings is 1. The normalized spacial score (nSPS) is 11.5. The van der Waals surface area contributed by atoms with Crippen molar-refractivity contribution in [3.8, 4) is 5.75 Å². The maximum absolute atomic E-state index is 12.0. The third-order valence-corrected chi connectivity index (χ3v) is 4.05. The van der Waals surface area contributed by atoms with Crippen molar-refractivity contribution in [3.63, 3.8) is 0 Å². The molecule has 0 saturated carbocycles. The summed E-state index contributed by atoms with van der Waals surface area (Å²) in [5.74, 6) is 0.414. The lowest BCUT2D eigenvalue weighted by Gasteiger charge is -2.07. The van der Waals surface area contributed by atoms with Crippen LogP contribution in [0, 0.1) is 0 Å². The summed E-state index contributed by atoms with van der Waals surface area (Å²) in [5.41, 5.74) is 0.489. The Balaban J connectivity index is 2.17. The minimum Gasteiger partial charge on any atom is -0.495 e. The highest BCUT2D eigenvalue weighted by Crippen LogP contribution is 2.26. The standard InChI is InChI=1S/C11H11ClN2O4S/c1-17-11-3-2-9(4-10(11)12)19(15,16)14-5-8-6-18-7-13-8/h2-4,6-7,14H,5H2,1H3. The second kappa shape index (κ2) is 5.60. The number of rotatable bonds is 5. The average molecular weight is 303 g/mol. The fraction of sp³-hybridized carbons (Fsp3) is 0.182. The maximum Gasteiger partial charge on any atom is 0.240 e. The van der Waals surface area contributed by atoms with Gasteiger partial charge in [0.25, 0.3) is 0 Å². The molecule has 0 radical (unpaired) electrons. The summed E-state index contributed by atoms with van der Waals surface area (Å²) >= 11 is 5.89. The molecular formula is C11H11ClN2O4S. The molecule has 1 heterocycles. The number of hydrogen-bond acceptors (Lipinski definition) is 5. The Kier molecular flexibility index (Phi) is 4.08. The number of methoxy groups -OCH3 is 1. The molecule has 102 valence electrons. The average Bonchev–Trinajstić information content (AvgIpc) is 2.89. The van der Waals surface area contributed by atoms with Gasteiger partial charge in [-0.05, 0) is 18.2 Å². The fourth-order valence-electron chi connectivity index (χ4n) is 1.39. The zero-order valence-electron chi connectivity index (χ0n) is 9.96. The Morgan fingerprint density at radius 3 is 2.84 bits per heavy atom. The zero-order chi connectivity index (χ0) is 13.9. The van der Waals surface area contributed by atoms with Crippen LogP contribution < -0.4 is 9.46 Å². The Bertz CT molecular complexity index is 655. The van der Waals surface area contributed by atoms with Crippen LogP contribution in [0.3, 0.4) is 0 Å². The van der Waals surface area contributed by atoms with E-state index in [0.717, 1.165) is 0 Å². The lowest BCUT2D eigenvalue weighted by atomic mass is 10.3. The quantitative estimate of drug-likeness (QED) is 0.911. The van der Waals surface area contributed by atoms with Gasteiger partial charge in [0, 0.05) is 0 Å². The van der Waals surface area contributed by atoms with E-state index < -0.39 is 10.0 Å². The number of nitrogens with zero attached hydrogens (tertiary/aromatic N) is 1. The van der Waals surface area contributed by atoms with Gasteiger partial charge in [-0.1, -0.05) is 11.6 Å². The zero-order valence-corrected chi connectivity index (χ0v) is 11.5. The first kappa shape index (κ1) is 13.9. The smallest absolute Gasteiger partial charge is 0.240 e. The second-order valence-electron chi connectivity index (χ2n) is 3.60. The van der Waals surface area contributed by atoms with Crippen LogP contribution in [0.5, 0.6) is 5.75 Å². The van der Waals surface area contributed by atoms with Crippen molar-refractivity contribution in [1.29, 1.82) is 0 Å². The molecule has 0 aliphatic rings. The van der Waals surface area contributed by atoms with Crippen LogP contribution >= 0.6 is 11.6 Å². The summed E-state index contributed by atoms with van der Waals surface area (Å²) in [4.78, 5) is 3.88. The van der Waals surface area contributed by atoms with E-state index in [0.29, 0.717) is 11.4 Å². The van der Waals surface area contributed by atoms with Crippen LogP contribution in [0.2, 0.25) is 5.02 Å². The summed E-state index contributed by atoms with van der Waals surface area (Å²) in [5, 5.41) is 0.229. The molecule has 2 aromatic rings. The van der Waals surface area contributed by atoms with Crippen molar-refractivity contribution in [3.05, 3.63) is 41.6 Å². The summed E-state index contributed by atoms with van der Waals surface area (Å²) in [6.07, 6.45) is 2.59. The van der Waals surface area contributed by atoms with E-state index in [1.807, 2.05) is 0 Å². The van der Waals surface area contributed by atoms with E-state index >= 15 is 0 Å². The van der Waals surface area contributed by atoms with Gasteiger partial charge in [-0.15, -0.1) is 0 Å². The highest BCUT2D eigenvalue weighted by molar-refractivity contribution is 7.89. The molecule has 0 aliphatic heterocycles. The number of benzene rings is 1. The summed E-state index contributed by atoms with van der Waals surface area (Å²) in [6.45, 7) is 0.0441. The van der Waals surface area contributed by atoms with Crippen molar-refractivity contribution < 1.29 is 17.6 Å². The Hall–Kier alpha value is -1.57. The van der Waals surface area contributed by atoms with E-state index in [2.05, 4.69) is 9.71 Å². The minimum atomic E-state index is -3.66. The number of ether oxygens (including phenoxy) is 1. The first-order valence-corrected chi connectivity index (χ1v) is 7.09. The van der Waals surface area contributed by atoms with Gasteiger partial charge >= 0.3 is 0 Å². The summed E-state index contributed by atoms with van der Waals surface area (Å²) in [6, 6.07) is 4.23. The van der Waals surface area contributed by atoms with Crippen LogP contribution in [0.25, 0.3) is 0 Å². The van der Waals surface area contributed by atoms with Gasteiger partial charge in [-0.25, -0.2) is 18.1 Å². The highest BCUT2D eigenvalue weighted by Gasteiger charge is 2.16. The molecule has 19 heavy (non-hydrogen) atoms. The van der Waals surface area contributed by atoms with Crippen molar-refractivity contribution in [1.82, 2.24) is 9.71 Å². The lowest BCUT2D eigenvalue weighted by Crippen LogP contribution is -2.23. The maximum atomic E-state index is 12.0. The van der Waals surface area contributed by atoms with Crippen molar-refractivity contribution in [2.75, 3.05) is 7.11 Å². The number of halogens is 1. The molecule has 6 nitrogen and oxygen atoms in total. The molecule has 0 spiro atoms. The number of sulfonamides is 1. The fourth-order valence-corrected chi connectivity index (χ4v) is 2.74. The predicted molar refractivity (Wildman–Crippen MR) is 68.5 cm³/mol. The van der Waals surface area contributed by atoms with E-state index in [1.165, 1.54) is 38.0 Å². The van der Waals surface area contributed by atoms with Crippen LogP contribution in [-0.4, -0.2) is 20.5 Å². The van der Waals surface area contributed by atoms with E-state index in [9.17, 15) is 8.42 Å². The minimum absolute atomic E-state index is 0.0441. The molecule has 0 bridgehead atoms. The van der Waals surface area contributed by atoms with Gasteiger partial charge in [0.1, 0.15) is 12.0 Å². The van der Waals surface area contributed by atoms with E-state index in [1.54, 1.807) is 0 Å². The Morgan fingerprint density at radius 2 is 2.26 bits per heavy atom. The molecule has 0 saturated heterocycles. The van der Waals surface area contributed by atoms with Crippen LogP contribution in [0.4, 0.5) is 0 Å². The van der Waals surface area contributed by atoms with Gasteiger partial charge in [0.15, 0.2) is 6.39 Å². The molecule has 0 atom stereocenters. The highest BCUT2D eigenvalue weighted by atomic mass is 35.5. The molecule has 1 aromatic carbocycles. The predicted octanol–water partition coefficient (Wildman–Crippen LogP) is 1.82. The van der Waals surface area contributed by atoms with E-state index in [4.69, 9.17) is 20.8 Å². The lowest BCUT2D eigenvalue weighted by molar-refractivity contribution is 0.414. The SMILES string of the molecule is COc1ccc(S(=O)(=O)NCc2cocn2)cc1Cl. The van der Waals surface area contributed by atoms with Crippen molar-refractivity contribution in [2.24, 2.45) is 0 Å². The molecule has 0 amide bonds. The van der Waals surface area contributed by atoms with Gasteiger partial charge in [-0.2, -0.15) is 0 Å². The Labute approximate surface area is 115 Å². The van der Waals surface area contributed by atoms with Gasteiger partial charge < -0.3 is 9.15 Å². The molecule has 0 unspecified atom stereocenters. The monoisotopic (exact) mass is 302 g/mol. The van der Waals surface area contributed by atoms with Crippen LogP contribution in [-0.2, 0) is 16.6 Å². The first-order chi connectivity index (χ1) is 9.03. The molecule has 8 heteroatoms. The van der Waals surface area contributed by atoms with Crippen molar-refractivity contribution >= 4 is 21.6 Å². The van der Waals surface area contributed by atoms with Gasteiger partial charge in [0.05, 0.1) is 29.3 Å². The molecule has 1 N–H and O–H groups in total. The third kappa shape index (κ3) is 3.25. The molecule has 2 rings (SSSR count). The number of aromatic nitrogens is 1. The summed E-state index contributed by atoms with van der Waals surface area (Å²) in [7, 11) is -2.20. The third-order valence-electron chi connectivity index (χ3n) is 2.36. The molecular weight excluding hydrogens is 292 g/mol. The number of nitrogens with one attached hydrogen (secondary N) is 1. The largest absolute Gasteiger partial charge is 0.495 e. The molecule has 0 aliphatic carbocycles. The van der Waals surface area contributed by atoms with Gasteiger partial charge in [0.2, 0.25) is 10.0 Å². The number of hydrogen-bond donors (Lipinski definition) is 1. The summed E-state index contributed by atoms with van der Waals surface area (Å²) < 4.78 is 36.1. The topological polar surface area (TPSA) is 81.4 Å². The van der Waals surface area contributed by atoms with Crippen molar-refractivity contribution in [2.45, 2.75) is 11.4 Å². The first-order valence-electron chi connectivity index (χ1n) is 5.23. The van der Waals surface area contributed by atoms with Gasteiger partial charge in [-0.3, -0.25) is 0 Å². The van der Waals surface area contributed by atoms with Crippen LogP contribution in [0.1, 0.15) is 5.69 Å². The second-order valence-corrected chi connectivity index (χ2v) is 5.77. The van der Waals surface area contributed by atoms with E-state index in [-0.39, 0.29) is 16.5 Å². The van der Waals surface area contributed by atoms with Crippen LogP contribution in [0.15, 0.2) is 40.2 Å². The molecule has 0 fully saturated rings. The molecule has 1 aromatic heterocycles. The Morgan fingerprint density at radius 1 is 1.47 bits per heavy atom.